The second kappa shape index (κ2) is 7.87. The van der Waals surface area contributed by atoms with Gasteiger partial charge in [0, 0.05) is 55.9 Å². The lowest BCUT2D eigenvalue weighted by Crippen LogP contribution is -2.40. The number of amides is 1. The molecule has 1 unspecified atom stereocenters. The van der Waals surface area contributed by atoms with Crippen molar-refractivity contribution in [3.05, 3.63) is 35.5 Å². The summed E-state index contributed by atoms with van der Waals surface area (Å²) in [5.74, 6) is 1.01. The van der Waals surface area contributed by atoms with E-state index >= 15 is 0 Å². The lowest BCUT2D eigenvalue weighted by atomic mass is 10.1. The van der Waals surface area contributed by atoms with Crippen molar-refractivity contribution in [1.29, 1.82) is 0 Å². The Morgan fingerprint density at radius 1 is 1.41 bits per heavy atom. The summed E-state index contributed by atoms with van der Waals surface area (Å²) in [5.41, 5.74) is 15.3. The number of nitrogens with two attached hydrogens (primary N) is 2. The Balaban J connectivity index is 1.68. The Labute approximate surface area is 171 Å². The van der Waals surface area contributed by atoms with Gasteiger partial charge < -0.3 is 26.6 Å². The van der Waals surface area contributed by atoms with Crippen molar-refractivity contribution in [1.82, 2.24) is 9.97 Å². The first-order valence-corrected chi connectivity index (χ1v) is 10.3. The van der Waals surface area contributed by atoms with E-state index in [9.17, 15) is 4.79 Å². The molecule has 4 rings (SSSR count). The highest BCUT2D eigenvalue weighted by atomic mass is 16.1. The van der Waals surface area contributed by atoms with Crippen LogP contribution in [0.4, 0.5) is 23.1 Å². The summed E-state index contributed by atoms with van der Waals surface area (Å²) in [6.07, 6.45) is 4.82. The second-order valence-electron chi connectivity index (χ2n) is 7.81. The molecule has 8 nitrogen and oxygen atoms in total. The number of fused-ring (bicyclic) bond motifs is 1. The van der Waals surface area contributed by atoms with Crippen LogP contribution >= 0.6 is 0 Å². The standard InChI is InChI=1S/C21H29N7O/c1-3-28-10-9-14-16(5-4-6-17(14)28)25-20-15(19(23)29)12-24-21(26-20)27(2)18(11-22)13-7-8-13/h4-6,12-13,18H,3,7-11,22H2,1-2H3,(H2,23,29)(H,24,25,26). The first-order valence-electron chi connectivity index (χ1n) is 10.3. The molecule has 1 aromatic heterocycles. The molecule has 8 heteroatoms. The molecular weight excluding hydrogens is 366 g/mol. The average Bonchev–Trinajstić information content (AvgIpc) is 3.46. The molecule has 2 aromatic rings. The Morgan fingerprint density at radius 3 is 2.86 bits per heavy atom. The van der Waals surface area contributed by atoms with E-state index in [2.05, 4.69) is 33.2 Å². The third-order valence-electron chi connectivity index (χ3n) is 6.02. The van der Waals surface area contributed by atoms with Crippen molar-refractivity contribution in [3.63, 3.8) is 0 Å². The van der Waals surface area contributed by atoms with Gasteiger partial charge in [-0.25, -0.2) is 4.98 Å². The van der Waals surface area contributed by atoms with Crippen molar-refractivity contribution in [2.45, 2.75) is 32.2 Å². The molecule has 1 fully saturated rings. The van der Waals surface area contributed by atoms with Gasteiger partial charge in [-0.1, -0.05) is 6.07 Å². The van der Waals surface area contributed by atoms with Gasteiger partial charge in [0.15, 0.2) is 0 Å². The van der Waals surface area contributed by atoms with Gasteiger partial charge in [0.05, 0.1) is 0 Å². The second-order valence-corrected chi connectivity index (χ2v) is 7.81. The van der Waals surface area contributed by atoms with E-state index in [1.54, 1.807) is 0 Å². The highest BCUT2D eigenvalue weighted by Gasteiger charge is 2.34. The van der Waals surface area contributed by atoms with Crippen LogP contribution in [0.2, 0.25) is 0 Å². The molecule has 5 N–H and O–H groups in total. The molecule has 1 amide bonds. The van der Waals surface area contributed by atoms with Gasteiger partial charge in [0.2, 0.25) is 5.95 Å². The van der Waals surface area contributed by atoms with Crippen LogP contribution in [0.15, 0.2) is 24.4 Å². The molecule has 2 heterocycles. The lowest BCUT2D eigenvalue weighted by Gasteiger charge is -2.27. The summed E-state index contributed by atoms with van der Waals surface area (Å²) in [5, 5.41) is 3.36. The summed E-state index contributed by atoms with van der Waals surface area (Å²) < 4.78 is 0. The van der Waals surface area contributed by atoms with Crippen LogP contribution in [0.1, 0.15) is 35.7 Å². The Bertz CT molecular complexity index is 912. The minimum atomic E-state index is -0.554. The molecule has 1 aliphatic carbocycles. The number of aromatic nitrogens is 2. The van der Waals surface area contributed by atoms with Crippen molar-refractivity contribution in [2.75, 3.05) is 41.8 Å². The van der Waals surface area contributed by atoms with Crippen molar-refractivity contribution in [2.24, 2.45) is 17.4 Å². The Morgan fingerprint density at radius 2 is 2.21 bits per heavy atom. The maximum absolute atomic E-state index is 12.0. The number of nitrogens with zero attached hydrogens (tertiary/aromatic N) is 4. The van der Waals surface area contributed by atoms with E-state index in [4.69, 9.17) is 11.5 Å². The number of likely N-dealkylation sites (N-methyl/N-ethyl adjacent to an activating group) is 2. The number of hydrogen-bond donors (Lipinski definition) is 3. The van der Waals surface area contributed by atoms with Crippen LogP contribution in [0, 0.1) is 5.92 Å². The monoisotopic (exact) mass is 395 g/mol. The van der Waals surface area contributed by atoms with E-state index in [0.717, 1.165) is 25.2 Å². The Hall–Kier alpha value is -2.87. The van der Waals surface area contributed by atoms with Crippen molar-refractivity contribution >= 4 is 29.0 Å². The van der Waals surface area contributed by atoms with E-state index < -0.39 is 5.91 Å². The number of carbonyl (C=O) groups excluding carboxylic acids is 1. The van der Waals surface area contributed by atoms with Gasteiger partial charge in [-0.3, -0.25) is 4.79 Å². The van der Waals surface area contributed by atoms with Gasteiger partial charge in [-0.05, 0) is 44.2 Å². The zero-order chi connectivity index (χ0) is 20.5. The van der Waals surface area contributed by atoms with Crippen LogP contribution in [0.3, 0.4) is 0 Å². The molecule has 0 spiro atoms. The fraction of sp³-hybridized carbons (Fsp3) is 0.476. The number of anilines is 4. The van der Waals surface area contributed by atoms with Crippen LogP contribution in [0.25, 0.3) is 0 Å². The van der Waals surface area contributed by atoms with Crippen LogP contribution in [0.5, 0.6) is 0 Å². The van der Waals surface area contributed by atoms with E-state index in [1.807, 2.05) is 24.1 Å². The predicted octanol–water partition coefficient (Wildman–Crippen LogP) is 1.88. The fourth-order valence-corrected chi connectivity index (χ4v) is 4.19. The SMILES string of the molecule is CCN1CCc2c(Nc3nc(N(C)C(CN)C4CC4)ncc3C(N)=O)cccc21. The normalized spacial score (nSPS) is 16.4. The van der Waals surface area contributed by atoms with Crippen LogP contribution in [-0.2, 0) is 6.42 Å². The molecule has 1 atom stereocenters. The zero-order valence-electron chi connectivity index (χ0n) is 17.1. The summed E-state index contributed by atoms with van der Waals surface area (Å²) in [6, 6.07) is 6.36. The minimum Gasteiger partial charge on any atom is -0.371 e. The first-order chi connectivity index (χ1) is 14.0. The highest BCUT2D eigenvalue weighted by Crippen LogP contribution is 2.37. The van der Waals surface area contributed by atoms with Crippen LogP contribution in [-0.4, -0.2) is 48.6 Å². The number of rotatable bonds is 8. The molecule has 1 saturated carbocycles. The molecular formula is C21H29N7O. The van der Waals surface area contributed by atoms with E-state index in [-0.39, 0.29) is 11.6 Å². The molecule has 0 radical (unpaired) electrons. The maximum Gasteiger partial charge on any atom is 0.254 e. The molecule has 154 valence electrons. The van der Waals surface area contributed by atoms with Gasteiger partial charge in [0.1, 0.15) is 11.4 Å². The van der Waals surface area contributed by atoms with Crippen LogP contribution < -0.4 is 26.6 Å². The van der Waals surface area contributed by atoms with Gasteiger partial charge in [-0.2, -0.15) is 4.98 Å². The highest BCUT2D eigenvalue weighted by molar-refractivity contribution is 5.98. The molecule has 29 heavy (non-hydrogen) atoms. The number of hydrogen-bond acceptors (Lipinski definition) is 7. The predicted molar refractivity (Wildman–Crippen MR) is 116 cm³/mol. The molecule has 2 aliphatic rings. The number of primary amides is 1. The third kappa shape index (κ3) is 3.72. The average molecular weight is 396 g/mol. The van der Waals surface area contributed by atoms with Gasteiger partial charge in [-0.15, -0.1) is 0 Å². The number of benzene rings is 1. The van der Waals surface area contributed by atoms with Crippen molar-refractivity contribution in [3.8, 4) is 0 Å². The maximum atomic E-state index is 12.0. The zero-order valence-corrected chi connectivity index (χ0v) is 17.1. The van der Waals surface area contributed by atoms with Gasteiger partial charge in [0.25, 0.3) is 5.91 Å². The minimum absolute atomic E-state index is 0.196. The number of nitrogens with one attached hydrogen (secondary N) is 1. The summed E-state index contributed by atoms with van der Waals surface area (Å²) in [4.78, 5) is 25.4. The topological polar surface area (TPSA) is 113 Å². The quantitative estimate of drug-likeness (QED) is 0.625. The lowest BCUT2D eigenvalue weighted by molar-refractivity contribution is 0.100. The van der Waals surface area contributed by atoms with E-state index in [0.29, 0.717) is 24.2 Å². The molecule has 0 bridgehead atoms. The molecule has 0 saturated heterocycles. The largest absolute Gasteiger partial charge is 0.371 e. The summed E-state index contributed by atoms with van der Waals surface area (Å²) >= 11 is 0. The summed E-state index contributed by atoms with van der Waals surface area (Å²) in [6.45, 7) is 4.65. The van der Waals surface area contributed by atoms with Gasteiger partial charge >= 0.3 is 0 Å². The van der Waals surface area contributed by atoms with E-state index in [1.165, 1.54) is 30.3 Å². The summed E-state index contributed by atoms with van der Waals surface area (Å²) in [7, 11) is 1.96. The third-order valence-corrected chi connectivity index (χ3v) is 6.02. The fourth-order valence-electron chi connectivity index (χ4n) is 4.19. The first kappa shape index (κ1) is 19.4. The smallest absolute Gasteiger partial charge is 0.254 e. The Kier molecular flexibility index (Phi) is 5.27. The molecule has 1 aliphatic heterocycles. The number of carbonyl (C=O) groups is 1. The van der Waals surface area contributed by atoms with Crippen molar-refractivity contribution < 1.29 is 4.79 Å². The molecule has 1 aromatic carbocycles.